The second-order valence-corrected chi connectivity index (χ2v) is 9.02. The van der Waals surface area contributed by atoms with E-state index in [2.05, 4.69) is 10.4 Å². The van der Waals surface area contributed by atoms with Crippen molar-refractivity contribution < 1.29 is 14.3 Å². The van der Waals surface area contributed by atoms with Crippen molar-refractivity contribution in [2.45, 2.75) is 13.5 Å². The summed E-state index contributed by atoms with van der Waals surface area (Å²) in [6.45, 7) is 2.00. The number of imide groups is 1. The number of hydrogen-bond acceptors (Lipinski definition) is 4. The number of carbonyl (C=O) groups excluding carboxylic acids is 2. The van der Waals surface area contributed by atoms with E-state index in [9.17, 15) is 14.4 Å². The average Bonchev–Trinajstić information content (AvgIpc) is 3.35. The average molecular weight is 515 g/mol. The second kappa shape index (κ2) is 9.83. The van der Waals surface area contributed by atoms with Crippen LogP contribution in [0.2, 0.25) is 5.02 Å². The molecule has 1 aromatic heterocycles. The third-order valence-electron chi connectivity index (χ3n) is 6.08. The number of H-pyrrole nitrogens is 1. The number of nitrogens with one attached hydrogen (secondary N) is 2. The standard InChI is InChI=1S/C28H23ClN4O4/c1-17-10-12-20(13-11-17)33-26(34)22(25(31-33)21-8-3-4-9-24(21)37-2)15-23-27(35)32(28(36)30-23)16-18-6-5-7-19(29)14-18/h3-15,31H,16H2,1-2H3,(H,30,36). The monoisotopic (exact) mass is 514 g/mol. The van der Waals surface area contributed by atoms with Gasteiger partial charge in [0.1, 0.15) is 11.4 Å². The van der Waals surface area contributed by atoms with E-state index < -0.39 is 11.9 Å². The molecular formula is C28H23ClN4O4. The molecule has 0 radical (unpaired) electrons. The van der Waals surface area contributed by atoms with Gasteiger partial charge in [-0.15, -0.1) is 0 Å². The number of aromatic amines is 1. The Morgan fingerprint density at radius 1 is 0.973 bits per heavy atom. The number of methoxy groups -OCH3 is 1. The van der Waals surface area contributed by atoms with Crippen LogP contribution in [0.5, 0.6) is 5.75 Å². The van der Waals surface area contributed by atoms with Crippen LogP contribution in [-0.2, 0) is 11.3 Å². The first kappa shape index (κ1) is 24.1. The first-order valence-corrected chi connectivity index (χ1v) is 11.9. The van der Waals surface area contributed by atoms with E-state index in [0.29, 0.717) is 33.3 Å². The van der Waals surface area contributed by atoms with Crippen LogP contribution in [0.3, 0.4) is 0 Å². The molecule has 0 atom stereocenters. The molecule has 8 nitrogen and oxygen atoms in total. The van der Waals surface area contributed by atoms with Crippen molar-refractivity contribution in [1.29, 1.82) is 0 Å². The van der Waals surface area contributed by atoms with Gasteiger partial charge in [0.2, 0.25) is 0 Å². The van der Waals surface area contributed by atoms with Crippen LogP contribution < -0.4 is 15.6 Å². The zero-order valence-corrected chi connectivity index (χ0v) is 20.9. The molecule has 0 aliphatic carbocycles. The van der Waals surface area contributed by atoms with Crippen molar-refractivity contribution in [3.05, 3.63) is 111 Å². The smallest absolute Gasteiger partial charge is 0.329 e. The Bertz CT molecular complexity index is 1600. The number of rotatable bonds is 6. The van der Waals surface area contributed by atoms with E-state index in [1.807, 2.05) is 49.4 Å². The summed E-state index contributed by atoms with van der Waals surface area (Å²) in [5, 5.41) is 6.27. The Morgan fingerprint density at radius 2 is 1.73 bits per heavy atom. The molecule has 0 unspecified atom stereocenters. The molecule has 2 N–H and O–H groups in total. The quantitative estimate of drug-likeness (QED) is 0.283. The number of nitrogens with zero attached hydrogens (tertiary/aromatic N) is 2. The highest BCUT2D eigenvalue weighted by Crippen LogP contribution is 2.31. The number of aromatic nitrogens is 2. The summed E-state index contributed by atoms with van der Waals surface area (Å²) >= 11 is 6.05. The van der Waals surface area contributed by atoms with Gasteiger partial charge in [-0.2, -0.15) is 0 Å². The number of para-hydroxylation sites is 1. The number of urea groups is 1. The molecule has 1 fully saturated rings. The highest BCUT2D eigenvalue weighted by Gasteiger charge is 2.34. The predicted octanol–water partition coefficient (Wildman–Crippen LogP) is 4.90. The Labute approximate surface area is 217 Å². The summed E-state index contributed by atoms with van der Waals surface area (Å²) in [5.41, 5.74) is 3.28. The third kappa shape index (κ3) is 4.66. The number of ether oxygens (including phenoxy) is 1. The molecule has 1 aliphatic heterocycles. The van der Waals surface area contributed by atoms with Gasteiger partial charge in [0.15, 0.2) is 0 Å². The Kier molecular flexibility index (Phi) is 6.42. The topological polar surface area (TPSA) is 96.4 Å². The van der Waals surface area contributed by atoms with Crippen molar-refractivity contribution in [2.75, 3.05) is 7.11 Å². The molecule has 2 heterocycles. The highest BCUT2D eigenvalue weighted by atomic mass is 35.5. The van der Waals surface area contributed by atoms with Gasteiger partial charge in [0.05, 0.1) is 30.6 Å². The molecule has 1 aliphatic rings. The van der Waals surface area contributed by atoms with Crippen LogP contribution >= 0.6 is 11.6 Å². The summed E-state index contributed by atoms with van der Waals surface area (Å²) in [4.78, 5) is 40.6. The molecule has 0 bridgehead atoms. The zero-order valence-electron chi connectivity index (χ0n) is 20.1. The van der Waals surface area contributed by atoms with Crippen molar-refractivity contribution in [3.8, 4) is 22.7 Å². The van der Waals surface area contributed by atoms with Crippen LogP contribution in [-0.4, -0.2) is 33.7 Å². The number of halogens is 1. The minimum absolute atomic E-state index is 0.00432. The van der Waals surface area contributed by atoms with Gasteiger partial charge in [0, 0.05) is 10.6 Å². The van der Waals surface area contributed by atoms with Gasteiger partial charge >= 0.3 is 6.03 Å². The maximum atomic E-state index is 13.6. The summed E-state index contributed by atoms with van der Waals surface area (Å²) in [6.07, 6.45) is 1.41. The maximum Gasteiger partial charge on any atom is 0.329 e. The molecule has 5 rings (SSSR count). The Morgan fingerprint density at radius 3 is 2.46 bits per heavy atom. The number of hydrogen-bond donors (Lipinski definition) is 2. The lowest BCUT2D eigenvalue weighted by atomic mass is 10.1. The fourth-order valence-corrected chi connectivity index (χ4v) is 4.41. The van der Waals surface area contributed by atoms with Gasteiger partial charge in [0.25, 0.3) is 11.5 Å². The number of amides is 3. The first-order chi connectivity index (χ1) is 17.9. The summed E-state index contributed by atoms with van der Waals surface area (Å²) < 4.78 is 6.92. The van der Waals surface area contributed by atoms with Gasteiger partial charge < -0.3 is 10.1 Å². The second-order valence-electron chi connectivity index (χ2n) is 8.59. The highest BCUT2D eigenvalue weighted by molar-refractivity contribution is 6.30. The predicted molar refractivity (Wildman–Crippen MR) is 142 cm³/mol. The lowest BCUT2D eigenvalue weighted by Crippen LogP contribution is -2.30. The SMILES string of the molecule is COc1ccccc1-c1[nH]n(-c2ccc(C)cc2)c(=O)c1C=C1NC(=O)N(Cc2cccc(Cl)c2)C1=O. The van der Waals surface area contributed by atoms with Crippen LogP contribution in [0.1, 0.15) is 16.7 Å². The fourth-order valence-electron chi connectivity index (χ4n) is 4.19. The van der Waals surface area contributed by atoms with Gasteiger partial charge in [-0.3, -0.25) is 19.6 Å². The molecule has 9 heteroatoms. The lowest BCUT2D eigenvalue weighted by molar-refractivity contribution is -0.123. The van der Waals surface area contributed by atoms with Gasteiger partial charge in [-0.25, -0.2) is 9.48 Å². The first-order valence-electron chi connectivity index (χ1n) is 11.5. The molecule has 0 spiro atoms. The molecule has 0 saturated carbocycles. The maximum absolute atomic E-state index is 13.6. The molecule has 3 aromatic carbocycles. The van der Waals surface area contributed by atoms with Crippen molar-refractivity contribution in [1.82, 2.24) is 20.0 Å². The summed E-state index contributed by atoms with van der Waals surface area (Å²) in [5.74, 6) is 0.00209. The molecule has 1 saturated heterocycles. The largest absolute Gasteiger partial charge is 0.496 e. The lowest BCUT2D eigenvalue weighted by Gasteiger charge is -2.11. The van der Waals surface area contributed by atoms with Crippen LogP contribution in [0, 0.1) is 6.92 Å². The normalized spacial score (nSPS) is 14.4. The van der Waals surface area contributed by atoms with Gasteiger partial charge in [-0.05, 0) is 55.0 Å². The van der Waals surface area contributed by atoms with Crippen molar-refractivity contribution >= 4 is 29.6 Å². The minimum atomic E-state index is -0.579. The van der Waals surface area contributed by atoms with E-state index >= 15 is 0 Å². The van der Waals surface area contributed by atoms with E-state index in [4.69, 9.17) is 16.3 Å². The molecular weight excluding hydrogens is 492 g/mol. The van der Waals surface area contributed by atoms with Gasteiger partial charge in [-0.1, -0.05) is 53.6 Å². The van der Waals surface area contributed by atoms with Crippen molar-refractivity contribution in [2.24, 2.45) is 0 Å². The van der Waals surface area contributed by atoms with Crippen LogP contribution in [0.25, 0.3) is 23.0 Å². The fraction of sp³-hybridized carbons (Fsp3) is 0.107. The van der Waals surface area contributed by atoms with E-state index in [1.165, 1.54) is 10.8 Å². The third-order valence-corrected chi connectivity index (χ3v) is 6.31. The van der Waals surface area contributed by atoms with Crippen LogP contribution in [0.15, 0.2) is 83.3 Å². The Hall–Kier alpha value is -4.56. The summed E-state index contributed by atoms with van der Waals surface area (Å²) in [7, 11) is 1.54. The van der Waals surface area contributed by atoms with E-state index in [1.54, 1.807) is 37.4 Å². The van der Waals surface area contributed by atoms with Crippen LogP contribution in [0.4, 0.5) is 4.79 Å². The molecule has 186 valence electrons. The summed E-state index contributed by atoms with van der Waals surface area (Å²) in [6, 6.07) is 21.0. The van der Waals surface area contributed by atoms with E-state index in [0.717, 1.165) is 10.5 Å². The number of carbonyl (C=O) groups is 2. The molecule has 3 amide bonds. The van der Waals surface area contributed by atoms with E-state index in [-0.39, 0.29) is 23.4 Å². The molecule has 37 heavy (non-hydrogen) atoms. The molecule has 4 aromatic rings. The van der Waals surface area contributed by atoms with Crippen molar-refractivity contribution in [3.63, 3.8) is 0 Å². The number of aryl methyl sites for hydroxylation is 1. The number of benzene rings is 3. The minimum Gasteiger partial charge on any atom is -0.496 e. The Balaban J connectivity index is 1.60. The zero-order chi connectivity index (χ0) is 26.1.